The van der Waals surface area contributed by atoms with Crippen molar-refractivity contribution in [1.29, 1.82) is 5.26 Å². The number of ether oxygens (including phenoxy) is 1. The van der Waals surface area contributed by atoms with Gasteiger partial charge in [0.25, 0.3) is 0 Å². The number of nitrogens with zero attached hydrogens (tertiary/aromatic N) is 1. The summed E-state index contributed by atoms with van der Waals surface area (Å²) in [4.78, 5) is 0. The molecule has 0 bridgehead atoms. The topological polar surface area (TPSA) is 45.0 Å². The van der Waals surface area contributed by atoms with Gasteiger partial charge in [0.2, 0.25) is 0 Å². The second-order valence-corrected chi connectivity index (χ2v) is 4.77. The first-order chi connectivity index (χ1) is 8.20. The molecule has 17 heavy (non-hydrogen) atoms. The van der Waals surface area contributed by atoms with E-state index in [1.54, 1.807) is 12.1 Å². The van der Waals surface area contributed by atoms with Crippen LogP contribution in [0.25, 0.3) is 0 Å². The molecule has 1 aromatic rings. The van der Waals surface area contributed by atoms with Gasteiger partial charge in [-0.05, 0) is 31.5 Å². The lowest BCUT2D eigenvalue weighted by Crippen LogP contribution is -2.26. The van der Waals surface area contributed by atoms with E-state index in [-0.39, 0.29) is 0 Å². The molecule has 1 aliphatic heterocycles. The fraction of sp³-hybridized carbons (Fsp3) is 0.462. The maximum Gasteiger partial charge on any atom is 0.101 e. The van der Waals surface area contributed by atoms with Crippen molar-refractivity contribution in [2.75, 3.05) is 18.5 Å². The lowest BCUT2D eigenvalue weighted by atomic mass is 10.0. The van der Waals surface area contributed by atoms with E-state index in [1.807, 2.05) is 6.07 Å². The Hall–Kier alpha value is -1.24. The highest BCUT2D eigenvalue weighted by molar-refractivity contribution is 6.32. The molecule has 0 unspecified atom stereocenters. The minimum absolute atomic E-state index is 0.349. The first kappa shape index (κ1) is 12.2. The molecule has 90 valence electrons. The van der Waals surface area contributed by atoms with Crippen LogP contribution in [0.1, 0.15) is 18.9 Å². The molecule has 0 aromatic heterocycles. The summed E-state index contributed by atoms with van der Waals surface area (Å²) < 4.78 is 5.37. The number of hydrogen-bond acceptors (Lipinski definition) is 3. The maximum atomic E-state index is 8.79. The molecule has 1 aromatic carbocycles. The second-order valence-electron chi connectivity index (χ2n) is 4.36. The Labute approximate surface area is 106 Å². The number of nitrogens with one attached hydrogen (secondary N) is 1. The van der Waals surface area contributed by atoms with Crippen molar-refractivity contribution in [1.82, 2.24) is 0 Å². The minimum Gasteiger partial charge on any atom is -0.382 e. The summed E-state index contributed by atoms with van der Waals surface area (Å²) in [6, 6.07) is 7.82. The number of nitriles is 1. The van der Waals surface area contributed by atoms with Crippen LogP contribution < -0.4 is 5.32 Å². The van der Waals surface area contributed by atoms with Gasteiger partial charge >= 0.3 is 0 Å². The summed E-state index contributed by atoms with van der Waals surface area (Å²) in [6.45, 7) is 3.81. The highest BCUT2D eigenvalue weighted by Crippen LogP contribution is 2.24. The van der Waals surface area contributed by atoms with Crippen LogP contribution in [0.4, 0.5) is 5.69 Å². The van der Waals surface area contributed by atoms with E-state index in [9.17, 15) is 0 Å². The first-order valence-corrected chi connectivity index (χ1v) is 6.12. The highest BCUT2D eigenvalue weighted by atomic mass is 35.5. The summed E-state index contributed by atoms with van der Waals surface area (Å²) in [5.74, 6) is 0.546. The van der Waals surface area contributed by atoms with Gasteiger partial charge in [-0.15, -0.1) is 0 Å². The number of hydrogen-bond donors (Lipinski definition) is 1. The Kier molecular flexibility index (Phi) is 3.88. The van der Waals surface area contributed by atoms with E-state index in [0.29, 0.717) is 22.5 Å². The Balaban J connectivity index is 2.03. The van der Waals surface area contributed by atoms with Gasteiger partial charge in [-0.3, -0.25) is 0 Å². The minimum atomic E-state index is 0.349. The Morgan fingerprint density at radius 1 is 1.59 bits per heavy atom. The number of halogens is 1. The van der Waals surface area contributed by atoms with E-state index in [1.165, 1.54) is 0 Å². The summed E-state index contributed by atoms with van der Waals surface area (Å²) in [6.07, 6.45) is 1.10. The lowest BCUT2D eigenvalue weighted by molar-refractivity contribution is 0.183. The average Bonchev–Trinajstić information content (AvgIpc) is 2.82. The molecule has 0 amide bonds. The van der Waals surface area contributed by atoms with Gasteiger partial charge in [-0.2, -0.15) is 5.26 Å². The molecule has 0 radical (unpaired) electrons. The Morgan fingerprint density at radius 3 is 3.00 bits per heavy atom. The van der Waals surface area contributed by atoms with Crippen LogP contribution in [-0.2, 0) is 4.74 Å². The first-order valence-electron chi connectivity index (χ1n) is 5.74. The zero-order valence-corrected chi connectivity index (χ0v) is 10.5. The number of benzene rings is 1. The van der Waals surface area contributed by atoms with Crippen LogP contribution >= 0.6 is 11.6 Å². The largest absolute Gasteiger partial charge is 0.382 e. The van der Waals surface area contributed by atoms with E-state index >= 15 is 0 Å². The van der Waals surface area contributed by atoms with Crippen molar-refractivity contribution in [3.05, 3.63) is 28.8 Å². The lowest BCUT2D eigenvalue weighted by Gasteiger charge is -2.20. The summed E-state index contributed by atoms with van der Waals surface area (Å²) >= 11 is 5.99. The van der Waals surface area contributed by atoms with Gasteiger partial charge in [-0.1, -0.05) is 11.6 Å². The smallest absolute Gasteiger partial charge is 0.101 e. The van der Waals surface area contributed by atoms with Crippen molar-refractivity contribution in [2.24, 2.45) is 5.92 Å². The molecular weight excluding hydrogens is 236 g/mol. The fourth-order valence-electron chi connectivity index (χ4n) is 2.02. The monoisotopic (exact) mass is 250 g/mol. The molecule has 2 rings (SSSR count). The van der Waals surface area contributed by atoms with Crippen LogP contribution in [0.15, 0.2) is 18.2 Å². The fourth-order valence-corrected chi connectivity index (χ4v) is 2.25. The quantitative estimate of drug-likeness (QED) is 0.897. The third-order valence-electron chi connectivity index (χ3n) is 3.16. The molecule has 1 N–H and O–H groups in total. The van der Waals surface area contributed by atoms with Crippen LogP contribution in [0.5, 0.6) is 0 Å². The van der Waals surface area contributed by atoms with E-state index in [2.05, 4.69) is 18.3 Å². The molecule has 4 heteroatoms. The zero-order valence-electron chi connectivity index (χ0n) is 9.74. The summed E-state index contributed by atoms with van der Waals surface area (Å²) in [5, 5.41) is 12.7. The molecule has 1 fully saturated rings. The number of anilines is 1. The van der Waals surface area contributed by atoms with Crippen LogP contribution in [0, 0.1) is 17.2 Å². The van der Waals surface area contributed by atoms with E-state index in [4.69, 9.17) is 21.6 Å². The standard InChI is InChI=1S/C13H15ClN2O/c1-9(11-4-5-17-8-11)16-12-3-2-10(7-15)13(14)6-12/h2-3,6,9,11,16H,4-5,8H2,1H3/t9-,11+/m1/s1. The SMILES string of the molecule is C[C@@H](Nc1ccc(C#N)c(Cl)c1)[C@H]1CCOC1. The molecule has 1 aliphatic rings. The maximum absolute atomic E-state index is 8.79. The third-order valence-corrected chi connectivity index (χ3v) is 3.47. The summed E-state index contributed by atoms with van der Waals surface area (Å²) in [5.41, 5.74) is 1.46. The van der Waals surface area contributed by atoms with Crippen LogP contribution in [-0.4, -0.2) is 19.3 Å². The van der Waals surface area contributed by atoms with Gasteiger partial charge < -0.3 is 10.1 Å². The van der Waals surface area contributed by atoms with Crippen molar-refractivity contribution >= 4 is 17.3 Å². The summed E-state index contributed by atoms with van der Waals surface area (Å²) in [7, 11) is 0. The van der Waals surface area contributed by atoms with Crippen molar-refractivity contribution in [2.45, 2.75) is 19.4 Å². The molecule has 1 heterocycles. The highest BCUT2D eigenvalue weighted by Gasteiger charge is 2.22. The van der Waals surface area contributed by atoms with Gasteiger partial charge in [0, 0.05) is 24.3 Å². The van der Waals surface area contributed by atoms with Gasteiger partial charge in [0.15, 0.2) is 0 Å². The number of rotatable bonds is 3. The Bertz CT molecular complexity index is 436. The molecule has 0 spiro atoms. The van der Waals surface area contributed by atoms with Crippen molar-refractivity contribution in [3.63, 3.8) is 0 Å². The van der Waals surface area contributed by atoms with Crippen LogP contribution in [0.2, 0.25) is 5.02 Å². The van der Waals surface area contributed by atoms with Crippen LogP contribution in [0.3, 0.4) is 0 Å². The second kappa shape index (κ2) is 5.39. The van der Waals surface area contributed by atoms with Gasteiger partial charge in [0.05, 0.1) is 17.2 Å². The molecule has 3 nitrogen and oxygen atoms in total. The predicted octanol–water partition coefficient (Wildman–Crippen LogP) is 3.05. The average molecular weight is 251 g/mol. The zero-order chi connectivity index (χ0) is 12.3. The van der Waals surface area contributed by atoms with Gasteiger partial charge in [-0.25, -0.2) is 0 Å². The molecule has 2 atom stereocenters. The predicted molar refractivity (Wildman–Crippen MR) is 68.2 cm³/mol. The normalized spacial score (nSPS) is 20.9. The molecule has 1 saturated heterocycles. The third kappa shape index (κ3) is 2.91. The van der Waals surface area contributed by atoms with E-state index in [0.717, 1.165) is 25.3 Å². The van der Waals surface area contributed by atoms with Gasteiger partial charge in [0.1, 0.15) is 6.07 Å². The van der Waals surface area contributed by atoms with Crippen molar-refractivity contribution in [3.8, 4) is 6.07 Å². The molecular formula is C13H15ClN2O. The molecule has 0 aliphatic carbocycles. The Morgan fingerprint density at radius 2 is 2.41 bits per heavy atom. The molecule has 0 saturated carbocycles. The van der Waals surface area contributed by atoms with Crippen molar-refractivity contribution < 1.29 is 4.74 Å². The van der Waals surface area contributed by atoms with E-state index < -0.39 is 0 Å².